The molecule has 1 amide bonds. The van der Waals surface area contributed by atoms with Gasteiger partial charge in [-0.3, -0.25) is 4.79 Å². The van der Waals surface area contributed by atoms with Crippen LogP contribution < -0.4 is 5.32 Å². The van der Waals surface area contributed by atoms with Gasteiger partial charge in [0.2, 0.25) is 0 Å². The molecule has 0 bridgehead atoms. The van der Waals surface area contributed by atoms with E-state index >= 15 is 0 Å². The summed E-state index contributed by atoms with van der Waals surface area (Å²) in [6.07, 6.45) is 1.49. The fraction of sp³-hybridized carbons (Fsp3) is 0.412. The largest absolute Gasteiger partial charge is 0.395 e. The van der Waals surface area contributed by atoms with E-state index in [0.717, 1.165) is 5.56 Å². The molecule has 0 saturated carbocycles. The van der Waals surface area contributed by atoms with Gasteiger partial charge in [0.05, 0.1) is 6.61 Å². The SMILES string of the molecule is CCN(/C=C(/C#N)C(=O)Nc1ccccc1C(C)C)CCO. The molecule has 1 aromatic rings. The summed E-state index contributed by atoms with van der Waals surface area (Å²) in [4.78, 5) is 14.0. The number of nitriles is 1. The first-order chi connectivity index (χ1) is 10.5. The summed E-state index contributed by atoms with van der Waals surface area (Å²) in [6.45, 7) is 6.96. The zero-order valence-corrected chi connectivity index (χ0v) is 13.3. The summed E-state index contributed by atoms with van der Waals surface area (Å²) in [6, 6.07) is 9.48. The van der Waals surface area contributed by atoms with Crippen LogP contribution in [-0.2, 0) is 4.79 Å². The summed E-state index contributed by atoms with van der Waals surface area (Å²) in [7, 11) is 0. The summed E-state index contributed by atoms with van der Waals surface area (Å²) < 4.78 is 0. The van der Waals surface area contributed by atoms with E-state index < -0.39 is 5.91 Å². The minimum Gasteiger partial charge on any atom is -0.395 e. The smallest absolute Gasteiger partial charge is 0.267 e. The van der Waals surface area contributed by atoms with Crippen molar-refractivity contribution in [1.82, 2.24) is 4.90 Å². The molecule has 118 valence electrons. The van der Waals surface area contributed by atoms with Gasteiger partial charge in [-0.25, -0.2) is 0 Å². The lowest BCUT2D eigenvalue weighted by Crippen LogP contribution is -2.24. The molecule has 0 fully saturated rings. The second kappa shape index (κ2) is 8.85. The number of aliphatic hydroxyl groups excluding tert-OH is 1. The van der Waals surface area contributed by atoms with Gasteiger partial charge in [0.25, 0.3) is 5.91 Å². The van der Waals surface area contributed by atoms with Crippen LogP contribution in [0.4, 0.5) is 5.69 Å². The van der Waals surface area contributed by atoms with Crippen LogP contribution in [0.1, 0.15) is 32.3 Å². The molecule has 5 nitrogen and oxygen atoms in total. The number of nitrogens with zero attached hydrogens (tertiary/aromatic N) is 2. The highest BCUT2D eigenvalue weighted by Crippen LogP contribution is 2.24. The van der Waals surface area contributed by atoms with Gasteiger partial charge in [-0.15, -0.1) is 0 Å². The Bertz CT molecular complexity index is 574. The van der Waals surface area contributed by atoms with Crippen LogP contribution in [0.3, 0.4) is 0 Å². The molecule has 0 spiro atoms. The molecule has 0 radical (unpaired) electrons. The molecule has 0 heterocycles. The monoisotopic (exact) mass is 301 g/mol. The Labute approximate surface area is 131 Å². The summed E-state index contributed by atoms with van der Waals surface area (Å²) >= 11 is 0. The molecular weight excluding hydrogens is 278 g/mol. The minimum absolute atomic E-state index is 0.0221. The molecule has 0 atom stereocenters. The standard InChI is InChI=1S/C17H23N3O2/c1-4-20(9-10-21)12-14(11-18)17(22)19-16-8-6-5-7-15(16)13(2)3/h5-8,12-13,21H,4,9-10H2,1-3H3,(H,19,22)/b14-12-. The van der Waals surface area contributed by atoms with Crippen molar-refractivity contribution in [2.45, 2.75) is 26.7 Å². The number of likely N-dealkylation sites (N-methyl/N-ethyl adjacent to an activating group) is 1. The van der Waals surface area contributed by atoms with Crippen LogP contribution in [0.25, 0.3) is 0 Å². The van der Waals surface area contributed by atoms with E-state index in [1.54, 1.807) is 4.90 Å². The maximum atomic E-state index is 12.3. The molecule has 1 rings (SSSR count). The maximum Gasteiger partial charge on any atom is 0.267 e. The molecule has 0 aromatic heterocycles. The minimum atomic E-state index is -0.438. The van der Waals surface area contributed by atoms with Crippen molar-refractivity contribution in [2.75, 3.05) is 25.0 Å². The number of rotatable bonds is 7. The van der Waals surface area contributed by atoms with Gasteiger partial charge in [-0.05, 0) is 24.5 Å². The van der Waals surface area contributed by atoms with E-state index in [-0.39, 0.29) is 18.1 Å². The number of hydrogen-bond donors (Lipinski definition) is 2. The highest BCUT2D eigenvalue weighted by molar-refractivity contribution is 6.06. The third kappa shape index (κ3) is 4.90. The molecule has 1 aromatic carbocycles. The van der Waals surface area contributed by atoms with Crippen LogP contribution in [-0.4, -0.2) is 35.6 Å². The maximum absolute atomic E-state index is 12.3. The number of amides is 1. The van der Waals surface area contributed by atoms with Crippen LogP contribution in [0.15, 0.2) is 36.0 Å². The van der Waals surface area contributed by atoms with E-state index in [9.17, 15) is 10.1 Å². The number of para-hydroxylation sites is 1. The Morgan fingerprint density at radius 3 is 2.68 bits per heavy atom. The topological polar surface area (TPSA) is 76.4 Å². The van der Waals surface area contributed by atoms with E-state index in [0.29, 0.717) is 18.8 Å². The van der Waals surface area contributed by atoms with E-state index in [4.69, 9.17) is 5.11 Å². The van der Waals surface area contributed by atoms with Crippen molar-refractivity contribution in [1.29, 1.82) is 5.26 Å². The zero-order valence-electron chi connectivity index (χ0n) is 13.3. The Balaban J connectivity index is 2.95. The van der Waals surface area contributed by atoms with Crippen molar-refractivity contribution in [3.05, 3.63) is 41.6 Å². The fourth-order valence-corrected chi connectivity index (χ4v) is 2.07. The third-order valence-corrected chi connectivity index (χ3v) is 3.30. The molecule has 22 heavy (non-hydrogen) atoms. The quantitative estimate of drug-likeness (QED) is 0.599. The molecule has 0 unspecified atom stereocenters. The number of anilines is 1. The average Bonchev–Trinajstić information content (AvgIpc) is 2.51. The van der Waals surface area contributed by atoms with Gasteiger partial charge < -0.3 is 15.3 Å². The van der Waals surface area contributed by atoms with Crippen molar-refractivity contribution in [3.63, 3.8) is 0 Å². The normalized spacial score (nSPS) is 11.2. The van der Waals surface area contributed by atoms with Crippen LogP contribution in [0, 0.1) is 11.3 Å². The van der Waals surface area contributed by atoms with Crippen LogP contribution in [0.5, 0.6) is 0 Å². The van der Waals surface area contributed by atoms with Crippen LogP contribution in [0.2, 0.25) is 0 Å². The van der Waals surface area contributed by atoms with Crippen molar-refractivity contribution >= 4 is 11.6 Å². The predicted molar refractivity (Wildman–Crippen MR) is 87.2 cm³/mol. The van der Waals surface area contributed by atoms with Gasteiger partial charge in [-0.1, -0.05) is 32.0 Å². The Morgan fingerprint density at radius 2 is 2.14 bits per heavy atom. The lowest BCUT2D eigenvalue weighted by Gasteiger charge is -2.17. The number of benzene rings is 1. The molecular formula is C17H23N3O2. The van der Waals surface area contributed by atoms with Gasteiger partial charge >= 0.3 is 0 Å². The summed E-state index contributed by atoms with van der Waals surface area (Å²) in [5.74, 6) is -0.167. The first kappa shape index (κ1) is 17.7. The Morgan fingerprint density at radius 1 is 1.45 bits per heavy atom. The van der Waals surface area contributed by atoms with Crippen molar-refractivity contribution in [3.8, 4) is 6.07 Å². The van der Waals surface area contributed by atoms with Gasteiger partial charge in [0.1, 0.15) is 11.6 Å². The molecule has 0 saturated heterocycles. The second-order valence-electron chi connectivity index (χ2n) is 5.20. The molecule has 0 aliphatic heterocycles. The lowest BCUT2D eigenvalue weighted by atomic mass is 10.0. The second-order valence-corrected chi connectivity index (χ2v) is 5.20. The molecule has 0 aliphatic rings. The fourth-order valence-electron chi connectivity index (χ4n) is 2.07. The number of nitrogens with one attached hydrogen (secondary N) is 1. The number of aliphatic hydroxyl groups is 1. The number of hydrogen-bond acceptors (Lipinski definition) is 4. The Hall–Kier alpha value is -2.32. The highest BCUT2D eigenvalue weighted by Gasteiger charge is 2.14. The lowest BCUT2D eigenvalue weighted by molar-refractivity contribution is -0.112. The first-order valence-corrected chi connectivity index (χ1v) is 7.40. The molecule has 5 heteroatoms. The Kier molecular flexibility index (Phi) is 7.14. The van der Waals surface area contributed by atoms with E-state index in [2.05, 4.69) is 5.32 Å². The highest BCUT2D eigenvalue weighted by atomic mass is 16.3. The summed E-state index contributed by atoms with van der Waals surface area (Å²) in [5, 5.41) is 21.0. The van der Waals surface area contributed by atoms with Crippen LogP contribution >= 0.6 is 0 Å². The number of carbonyl (C=O) groups is 1. The number of carbonyl (C=O) groups excluding carboxylic acids is 1. The van der Waals surface area contributed by atoms with Gasteiger partial charge in [0.15, 0.2) is 0 Å². The van der Waals surface area contributed by atoms with Gasteiger partial charge in [0, 0.05) is 25.0 Å². The zero-order chi connectivity index (χ0) is 16.5. The van der Waals surface area contributed by atoms with E-state index in [1.807, 2.05) is 51.1 Å². The molecule has 2 N–H and O–H groups in total. The summed E-state index contributed by atoms with van der Waals surface area (Å²) in [5.41, 5.74) is 1.76. The first-order valence-electron chi connectivity index (χ1n) is 7.40. The van der Waals surface area contributed by atoms with Gasteiger partial charge in [-0.2, -0.15) is 5.26 Å². The van der Waals surface area contributed by atoms with E-state index in [1.165, 1.54) is 6.20 Å². The van der Waals surface area contributed by atoms with Crippen molar-refractivity contribution in [2.24, 2.45) is 0 Å². The predicted octanol–water partition coefficient (Wildman–Crippen LogP) is 2.47. The third-order valence-electron chi connectivity index (χ3n) is 3.30. The molecule has 0 aliphatic carbocycles. The van der Waals surface area contributed by atoms with Crippen molar-refractivity contribution < 1.29 is 9.90 Å². The average molecular weight is 301 g/mol.